The summed E-state index contributed by atoms with van der Waals surface area (Å²) in [7, 11) is 0. The van der Waals surface area contributed by atoms with Gasteiger partial charge >= 0.3 is 0 Å². The number of anilines is 2. The van der Waals surface area contributed by atoms with Gasteiger partial charge in [-0.05, 0) is 50.0 Å². The number of fused-ring (bicyclic) bond motifs is 1. The van der Waals surface area contributed by atoms with Gasteiger partial charge in [-0.2, -0.15) is 4.98 Å². The Morgan fingerprint density at radius 3 is 2.85 bits per heavy atom. The molecule has 2 aromatic heterocycles. The fraction of sp³-hybridized carbons (Fsp3) is 0.600. The number of aromatic nitrogens is 2. The Hall–Kier alpha value is -1.36. The van der Waals surface area contributed by atoms with E-state index in [2.05, 4.69) is 33.6 Å². The van der Waals surface area contributed by atoms with Crippen molar-refractivity contribution in [3.05, 3.63) is 11.4 Å². The Labute approximate surface area is 123 Å². The fourth-order valence-electron chi connectivity index (χ4n) is 2.67. The summed E-state index contributed by atoms with van der Waals surface area (Å²) in [6.07, 6.45) is 5.42. The van der Waals surface area contributed by atoms with E-state index in [0.29, 0.717) is 6.04 Å². The lowest BCUT2D eigenvalue weighted by molar-refractivity contribution is 0.711. The van der Waals surface area contributed by atoms with Crippen LogP contribution < -0.4 is 10.2 Å². The van der Waals surface area contributed by atoms with Crippen LogP contribution in [-0.2, 0) is 0 Å². The van der Waals surface area contributed by atoms with Crippen molar-refractivity contribution >= 4 is 33.3 Å². The molecule has 0 amide bonds. The summed E-state index contributed by atoms with van der Waals surface area (Å²) >= 11 is 1.71. The van der Waals surface area contributed by atoms with Crippen LogP contribution in [0, 0.1) is 5.92 Å². The van der Waals surface area contributed by atoms with Crippen LogP contribution in [0.15, 0.2) is 11.4 Å². The van der Waals surface area contributed by atoms with Crippen LogP contribution in [0.4, 0.5) is 11.8 Å². The molecule has 4 nitrogen and oxygen atoms in total. The number of rotatable bonds is 6. The molecule has 0 spiro atoms. The first kappa shape index (κ1) is 12.4. The van der Waals surface area contributed by atoms with Gasteiger partial charge in [0.15, 0.2) is 0 Å². The zero-order chi connectivity index (χ0) is 13.5. The highest BCUT2D eigenvalue weighted by atomic mass is 32.1. The molecule has 0 radical (unpaired) electrons. The van der Waals surface area contributed by atoms with Crippen molar-refractivity contribution < 1.29 is 0 Å². The first-order valence-corrected chi connectivity index (χ1v) is 8.49. The van der Waals surface area contributed by atoms with Gasteiger partial charge in [-0.25, -0.2) is 4.98 Å². The molecule has 2 aliphatic carbocycles. The van der Waals surface area contributed by atoms with Crippen LogP contribution in [0.5, 0.6) is 0 Å². The van der Waals surface area contributed by atoms with Crippen LogP contribution in [0.2, 0.25) is 0 Å². The normalized spacial score (nSPS) is 18.4. The van der Waals surface area contributed by atoms with Crippen molar-refractivity contribution in [1.82, 2.24) is 9.97 Å². The molecule has 0 aromatic carbocycles. The average molecular weight is 288 g/mol. The molecule has 2 aliphatic rings. The van der Waals surface area contributed by atoms with E-state index in [0.717, 1.165) is 29.1 Å². The first-order valence-electron chi connectivity index (χ1n) is 7.61. The summed E-state index contributed by atoms with van der Waals surface area (Å²) in [6, 6.07) is 2.89. The predicted molar refractivity (Wildman–Crippen MR) is 84.7 cm³/mol. The maximum Gasteiger partial charge on any atom is 0.226 e. The highest BCUT2D eigenvalue weighted by Crippen LogP contribution is 2.40. The molecular weight excluding hydrogens is 268 g/mol. The molecule has 2 fully saturated rings. The average Bonchev–Trinajstić information content (AvgIpc) is 3.34. The predicted octanol–water partition coefficient (Wildman–Crippen LogP) is 3.50. The van der Waals surface area contributed by atoms with Gasteiger partial charge in [0, 0.05) is 19.1 Å². The number of nitrogens with zero attached hydrogens (tertiary/aromatic N) is 3. The highest BCUT2D eigenvalue weighted by Gasteiger charge is 2.35. The Morgan fingerprint density at radius 1 is 1.30 bits per heavy atom. The van der Waals surface area contributed by atoms with Crippen molar-refractivity contribution in [2.24, 2.45) is 5.92 Å². The summed E-state index contributed by atoms with van der Waals surface area (Å²) in [5, 5.41) is 6.62. The van der Waals surface area contributed by atoms with Crippen LogP contribution in [0.3, 0.4) is 0 Å². The van der Waals surface area contributed by atoms with E-state index in [4.69, 9.17) is 4.98 Å². The Kier molecular flexibility index (Phi) is 3.02. The Bertz CT molecular complexity index is 615. The maximum absolute atomic E-state index is 4.82. The summed E-state index contributed by atoms with van der Waals surface area (Å²) < 4.78 is 0. The number of hydrogen-bond donors (Lipinski definition) is 1. The minimum atomic E-state index is 0.711. The molecule has 5 heteroatoms. The largest absolute Gasteiger partial charge is 0.354 e. The Balaban J connectivity index is 1.76. The van der Waals surface area contributed by atoms with Gasteiger partial charge in [-0.3, -0.25) is 0 Å². The molecule has 2 aromatic rings. The van der Waals surface area contributed by atoms with Crippen LogP contribution >= 0.6 is 11.3 Å². The SMILES string of the molecule is CCNc1nc(N(CC2CC2)C2CC2)c2ccsc2n1. The van der Waals surface area contributed by atoms with E-state index in [-0.39, 0.29) is 0 Å². The van der Waals surface area contributed by atoms with E-state index in [1.54, 1.807) is 11.3 Å². The molecular formula is C15H20N4S. The third-order valence-corrected chi connectivity index (χ3v) is 4.86. The second-order valence-corrected chi connectivity index (χ2v) is 6.76. The first-order chi connectivity index (χ1) is 9.85. The van der Waals surface area contributed by atoms with Crippen LogP contribution in [0.25, 0.3) is 10.2 Å². The third kappa shape index (κ3) is 2.35. The summed E-state index contributed by atoms with van der Waals surface area (Å²) in [5.74, 6) is 2.82. The molecule has 0 unspecified atom stereocenters. The van der Waals surface area contributed by atoms with Gasteiger partial charge in [0.25, 0.3) is 0 Å². The van der Waals surface area contributed by atoms with Crippen molar-refractivity contribution in [3.8, 4) is 0 Å². The second-order valence-electron chi connectivity index (χ2n) is 5.87. The van der Waals surface area contributed by atoms with Gasteiger partial charge in [0.2, 0.25) is 5.95 Å². The lowest BCUT2D eigenvalue weighted by Gasteiger charge is -2.24. The molecule has 0 aliphatic heterocycles. The van der Waals surface area contributed by atoms with Crippen molar-refractivity contribution in [2.75, 3.05) is 23.3 Å². The highest BCUT2D eigenvalue weighted by molar-refractivity contribution is 7.16. The molecule has 106 valence electrons. The summed E-state index contributed by atoms with van der Waals surface area (Å²) in [5.41, 5.74) is 0. The third-order valence-electron chi connectivity index (χ3n) is 4.05. The zero-order valence-corrected chi connectivity index (χ0v) is 12.6. The van der Waals surface area contributed by atoms with Gasteiger partial charge in [-0.1, -0.05) is 0 Å². The van der Waals surface area contributed by atoms with Gasteiger partial charge in [0.1, 0.15) is 10.6 Å². The minimum absolute atomic E-state index is 0.711. The standard InChI is InChI=1S/C15H20N4S/c1-2-16-15-17-13(12-7-8-20-14(12)18-15)19(11-5-6-11)9-10-3-4-10/h7-8,10-11H,2-6,9H2,1H3,(H,16,17,18). The van der Waals surface area contributed by atoms with E-state index in [9.17, 15) is 0 Å². The van der Waals surface area contributed by atoms with Gasteiger partial charge < -0.3 is 10.2 Å². The van der Waals surface area contributed by atoms with Crippen molar-refractivity contribution in [2.45, 2.75) is 38.6 Å². The lowest BCUT2D eigenvalue weighted by Crippen LogP contribution is -2.29. The summed E-state index contributed by atoms with van der Waals surface area (Å²) in [4.78, 5) is 13.1. The maximum atomic E-state index is 4.82. The monoisotopic (exact) mass is 288 g/mol. The molecule has 0 atom stereocenters. The second kappa shape index (κ2) is 4.88. The molecule has 0 bridgehead atoms. The number of nitrogens with one attached hydrogen (secondary N) is 1. The fourth-order valence-corrected chi connectivity index (χ4v) is 3.43. The van der Waals surface area contributed by atoms with E-state index >= 15 is 0 Å². The van der Waals surface area contributed by atoms with E-state index < -0.39 is 0 Å². The van der Waals surface area contributed by atoms with Crippen molar-refractivity contribution in [3.63, 3.8) is 0 Å². The molecule has 1 N–H and O–H groups in total. The molecule has 20 heavy (non-hydrogen) atoms. The van der Waals surface area contributed by atoms with E-state index in [1.807, 2.05) is 0 Å². The molecule has 4 rings (SSSR count). The van der Waals surface area contributed by atoms with E-state index in [1.165, 1.54) is 37.6 Å². The quantitative estimate of drug-likeness (QED) is 0.883. The molecule has 2 heterocycles. The van der Waals surface area contributed by atoms with Gasteiger partial charge in [0.05, 0.1) is 5.39 Å². The van der Waals surface area contributed by atoms with Gasteiger partial charge in [-0.15, -0.1) is 11.3 Å². The zero-order valence-electron chi connectivity index (χ0n) is 11.8. The minimum Gasteiger partial charge on any atom is -0.354 e. The van der Waals surface area contributed by atoms with Crippen LogP contribution in [-0.4, -0.2) is 29.1 Å². The number of thiophene rings is 1. The van der Waals surface area contributed by atoms with Crippen molar-refractivity contribution in [1.29, 1.82) is 0 Å². The lowest BCUT2D eigenvalue weighted by atomic mass is 10.3. The number of hydrogen-bond acceptors (Lipinski definition) is 5. The molecule has 2 saturated carbocycles. The Morgan fingerprint density at radius 2 is 2.15 bits per heavy atom. The molecule has 0 saturated heterocycles. The smallest absolute Gasteiger partial charge is 0.226 e. The van der Waals surface area contributed by atoms with Crippen LogP contribution in [0.1, 0.15) is 32.6 Å². The topological polar surface area (TPSA) is 41.1 Å². The summed E-state index contributed by atoms with van der Waals surface area (Å²) in [6.45, 7) is 4.13.